The third-order valence-corrected chi connectivity index (χ3v) is 4.49. The van der Waals surface area contributed by atoms with Gasteiger partial charge in [-0.25, -0.2) is 4.79 Å². The average Bonchev–Trinajstić information content (AvgIpc) is 2.51. The normalized spacial score (nSPS) is 20.1. The molecule has 2 N–H and O–H groups in total. The van der Waals surface area contributed by atoms with Crippen LogP contribution >= 0.6 is 0 Å². The molecule has 0 saturated carbocycles. The number of ether oxygens (including phenoxy) is 1. The molecule has 5 nitrogen and oxygen atoms in total. The second-order valence-corrected chi connectivity index (χ2v) is 8.15. The number of piperidine rings is 1. The van der Waals surface area contributed by atoms with Crippen LogP contribution in [0.4, 0.5) is 10.5 Å². The number of anilines is 1. The lowest BCUT2D eigenvalue weighted by atomic mass is 9.97. The molecular weight excluding hydrogens is 314 g/mol. The number of carbonyl (C=O) groups is 1. The second-order valence-electron chi connectivity index (χ2n) is 8.15. The first-order valence-electron chi connectivity index (χ1n) is 9.25. The number of amides is 1. The Bertz CT molecular complexity index is 551. The fourth-order valence-electron chi connectivity index (χ4n) is 3.18. The van der Waals surface area contributed by atoms with Gasteiger partial charge in [0.2, 0.25) is 0 Å². The Morgan fingerprint density at radius 3 is 2.60 bits per heavy atom. The van der Waals surface area contributed by atoms with E-state index < -0.39 is 11.7 Å². The molecule has 1 saturated heterocycles. The van der Waals surface area contributed by atoms with Crippen molar-refractivity contribution in [2.75, 3.05) is 32.0 Å². The van der Waals surface area contributed by atoms with Gasteiger partial charge in [-0.2, -0.15) is 0 Å². The van der Waals surface area contributed by atoms with E-state index in [0.717, 1.165) is 18.2 Å². The zero-order chi connectivity index (χ0) is 18.4. The molecule has 2 unspecified atom stereocenters. The van der Waals surface area contributed by atoms with Crippen LogP contribution in [0.3, 0.4) is 0 Å². The molecular formula is C20H33N3O2. The first-order valence-corrected chi connectivity index (χ1v) is 9.25. The third kappa shape index (κ3) is 7.04. The maximum Gasteiger partial charge on any atom is 0.412 e. The van der Waals surface area contributed by atoms with Gasteiger partial charge in [0.1, 0.15) is 5.60 Å². The van der Waals surface area contributed by atoms with Gasteiger partial charge in [0.15, 0.2) is 0 Å². The highest BCUT2D eigenvalue weighted by Crippen LogP contribution is 2.19. The molecule has 2 atom stereocenters. The lowest BCUT2D eigenvalue weighted by molar-refractivity contribution is 0.0636. The summed E-state index contributed by atoms with van der Waals surface area (Å²) in [4.78, 5) is 14.2. The van der Waals surface area contributed by atoms with Crippen molar-refractivity contribution in [1.29, 1.82) is 0 Å². The number of nitrogens with zero attached hydrogens (tertiary/aromatic N) is 1. The monoisotopic (exact) mass is 347 g/mol. The number of rotatable bonds is 5. The number of carbonyl (C=O) groups excluding carboxylic acids is 1. The standard InChI is InChI=1S/C20H33N3O2/c1-15(21-13-16-7-6-12-23(5)14-16)17-8-10-18(11-9-17)22-19(24)25-20(2,3)4/h8-11,15-16,21H,6-7,12-14H2,1-5H3,(H,22,24). The number of likely N-dealkylation sites (tertiary alicyclic amines) is 1. The predicted octanol–water partition coefficient (Wildman–Crippen LogP) is 4.03. The minimum absolute atomic E-state index is 0.294. The molecule has 0 bridgehead atoms. The summed E-state index contributed by atoms with van der Waals surface area (Å²) < 4.78 is 5.27. The van der Waals surface area contributed by atoms with Gasteiger partial charge >= 0.3 is 6.09 Å². The van der Waals surface area contributed by atoms with Gasteiger partial charge in [0, 0.05) is 18.3 Å². The molecule has 1 fully saturated rings. The molecule has 140 valence electrons. The van der Waals surface area contributed by atoms with Gasteiger partial charge in [0.25, 0.3) is 0 Å². The average molecular weight is 348 g/mol. The van der Waals surface area contributed by atoms with Gasteiger partial charge in [-0.05, 0) is 84.3 Å². The van der Waals surface area contributed by atoms with Crippen molar-refractivity contribution < 1.29 is 9.53 Å². The lowest BCUT2D eigenvalue weighted by Gasteiger charge is -2.30. The molecule has 1 aliphatic rings. The molecule has 1 heterocycles. The summed E-state index contributed by atoms with van der Waals surface area (Å²) in [7, 11) is 2.20. The highest BCUT2D eigenvalue weighted by Gasteiger charge is 2.18. The van der Waals surface area contributed by atoms with Crippen molar-refractivity contribution in [3.05, 3.63) is 29.8 Å². The van der Waals surface area contributed by atoms with Gasteiger partial charge in [-0.1, -0.05) is 12.1 Å². The molecule has 0 aromatic heterocycles. The summed E-state index contributed by atoms with van der Waals surface area (Å²) in [5.41, 5.74) is 1.48. The van der Waals surface area contributed by atoms with E-state index in [1.165, 1.54) is 31.5 Å². The Kier molecular flexibility index (Phi) is 6.85. The molecule has 0 spiro atoms. The molecule has 0 aliphatic carbocycles. The summed E-state index contributed by atoms with van der Waals surface area (Å²) in [6.07, 6.45) is 2.18. The highest BCUT2D eigenvalue weighted by atomic mass is 16.6. The maximum atomic E-state index is 11.8. The van der Waals surface area contributed by atoms with Crippen LogP contribution in [0, 0.1) is 5.92 Å². The number of hydrogen-bond acceptors (Lipinski definition) is 4. The van der Waals surface area contributed by atoms with Crippen molar-refractivity contribution >= 4 is 11.8 Å². The predicted molar refractivity (Wildman–Crippen MR) is 103 cm³/mol. The Balaban J connectivity index is 1.81. The number of nitrogens with one attached hydrogen (secondary N) is 2. The summed E-state index contributed by atoms with van der Waals surface area (Å²) in [6, 6.07) is 8.25. The Morgan fingerprint density at radius 1 is 1.32 bits per heavy atom. The Hall–Kier alpha value is -1.59. The van der Waals surface area contributed by atoms with E-state index in [4.69, 9.17) is 4.74 Å². The fourth-order valence-corrected chi connectivity index (χ4v) is 3.18. The van der Waals surface area contributed by atoms with Crippen molar-refractivity contribution in [2.24, 2.45) is 5.92 Å². The van der Waals surface area contributed by atoms with Crippen LogP contribution in [0.1, 0.15) is 52.1 Å². The van der Waals surface area contributed by atoms with E-state index in [2.05, 4.69) is 41.6 Å². The van der Waals surface area contributed by atoms with E-state index in [1.807, 2.05) is 32.9 Å². The van der Waals surface area contributed by atoms with Crippen LogP contribution in [0.15, 0.2) is 24.3 Å². The summed E-state index contributed by atoms with van der Waals surface area (Å²) >= 11 is 0. The SMILES string of the molecule is CC(NCC1CCCN(C)C1)c1ccc(NC(=O)OC(C)(C)C)cc1. The molecule has 25 heavy (non-hydrogen) atoms. The first-order chi connectivity index (χ1) is 11.7. The Morgan fingerprint density at radius 2 is 2.00 bits per heavy atom. The van der Waals surface area contributed by atoms with Gasteiger partial charge in [0.05, 0.1) is 0 Å². The maximum absolute atomic E-state index is 11.8. The molecule has 1 amide bonds. The van der Waals surface area contributed by atoms with Crippen LogP contribution in [0.5, 0.6) is 0 Å². The van der Waals surface area contributed by atoms with Gasteiger partial charge in [-0.3, -0.25) is 5.32 Å². The van der Waals surface area contributed by atoms with Crippen molar-refractivity contribution in [3.63, 3.8) is 0 Å². The van der Waals surface area contributed by atoms with E-state index >= 15 is 0 Å². The molecule has 1 aromatic carbocycles. The molecule has 0 radical (unpaired) electrons. The van der Waals surface area contributed by atoms with Crippen LogP contribution in [0.2, 0.25) is 0 Å². The zero-order valence-electron chi connectivity index (χ0n) is 16.3. The van der Waals surface area contributed by atoms with Crippen LogP contribution in [-0.2, 0) is 4.74 Å². The van der Waals surface area contributed by atoms with E-state index in [-0.39, 0.29) is 0 Å². The molecule has 1 aromatic rings. The van der Waals surface area contributed by atoms with E-state index in [9.17, 15) is 4.79 Å². The van der Waals surface area contributed by atoms with Crippen LogP contribution in [0.25, 0.3) is 0 Å². The van der Waals surface area contributed by atoms with Crippen LogP contribution < -0.4 is 10.6 Å². The largest absolute Gasteiger partial charge is 0.444 e. The quantitative estimate of drug-likeness (QED) is 0.844. The Labute approximate surface area is 152 Å². The van der Waals surface area contributed by atoms with Crippen LogP contribution in [-0.4, -0.2) is 43.3 Å². The van der Waals surface area contributed by atoms with E-state index in [1.54, 1.807) is 0 Å². The van der Waals surface area contributed by atoms with Crippen molar-refractivity contribution in [3.8, 4) is 0 Å². The minimum Gasteiger partial charge on any atom is -0.444 e. The lowest BCUT2D eigenvalue weighted by Crippen LogP contribution is -2.37. The minimum atomic E-state index is -0.490. The topological polar surface area (TPSA) is 53.6 Å². The number of benzene rings is 1. The highest BCUT2D eigenvalue weighted by molar-refractivity contribution is 5.84. The first kappa shape index (κ1) is 19.7. The van der Waals surface area contributed by atoms with E-state index in [0.29, 0.717) is 6.04 Å². The summed E-state index contributed by atoms with van der Waals surface area (Å²) in [6.45, 7) is 11.2. The number of hydrogen-bond donors (Lipinski definition) is 2. The van der Waals surface area contributed by atoms with Gasteiger partial charge < -0.3 is 15.0 Å². The molecule has 5 heteroatoms. The van der Waals surface area contributed by atoms with Crippen molar-refractivity contribution in [2.45, 2.75) is 52.2 Å². The third-order valence-electron chi connectivity index (χ3n) is 4.49. The van der Waals surface area contributed by atoms with Gasteiger partial charge in [-0.15, -0.1) is 0 Å². The summed E-state index contributed by atoms with van der Waals surface area (Å²) in [5, 5.41) is 6.41. The summed E-state index contributed by atoms with van der Waals surface area (Å²) in [5.74, 6) is 0.731. The smallest absolute Gasteiger partial charge is 0.412 e. The second kappa shape index (κ2) is 8.68. The molecule has 2 rings (SSSR count). The zero-order valence-corrected chi connectivity index (χ0v) is 16.3. The van der Waals surface area contributed by atoms with Crippen molar-refractivity contribution in [1.82, 2.24) is 10.2 Å². The fraction of sp³-hybridized carbons (Fsp3) is 0.650. The molecule has 1 aliphatic heterocycles.